The van der Waals surface area contributed by atoms with E-state index in [4.69, 9.17) is 5.73 Å². The molecule has 1 aliphatic heterocycles. The second kappa shape index (κ2) is 13.9. The number of nitrogens with one attached hydrogen (secondary N) is 1. The summed E-state index contributed by atoms with van der Waals surface area (Å²) in [6.45, 7) is 6.63. The molecular formula is C45H40N2S. The highest BCUT2D eigenvalue weighted by Gasteiger charge is 2.38. The summed E-state index contributed by atoms with van der Waals surface area (Å²) >= 11 is 1.89. The van der Waals surface area contributed by atoms with Crippen molar-refractivity contribution in [3.05, 3.63) is 203 Å². The van der Waals surface area contributed by atoms with Gasteiger partial charge in [0.1, 0.15) is 0 Å². The van der Waals surface area contributed by atoms with Crippen LogP contribution in [0.3, 0.4) is 0 Å². The summed E-state index contributed by atoms with van der Waals surface area (Å²) in [5, 5.41) is 3.82. The SMILES string of the molecule is C=C(/C=C\C=C/C)c1c(CC(N)(c2ccccc2)c2cccc3c2SC2=CC=CCC23)cccc1Nc1ccccc1-c1ccccc1. The maximum atomic E-state index is 7.80. The Bertz CT molecular complexity index is 2070. The van der Waals surface area contributed by atoms with E-state index in [1.54, 1.807) is 0 Å². The first-order valence-electron chi connectivity index (χ1n) is 16.6. The van der Waals surface area contributed by atoms with Crippen molar-refractivity contribution in [2.45, 2.75) is 36.1 Å². The van der Waals surface area contributed by atoms with Gasteiger partial charge in [-0.05, 0) is 70.2 Å². The molecule has 1 heterocycles. The highest BCUT2D eigenvalue weighted by atomic mass is 32.2. The van der Waals surface area contributed by atoms with Gasteiger partial charge in [-0.15, -0.1) is 0 Å². The van der Waals surface area contributed by atoms with Crippen LogP contribution in [0.25, 0.3) is 16.7 Å². The number of fused-ring (bicyclic) bond motifs is 3. The number of hydrogen-bond donors (Lipinski definition) is 2. The maximum Gasteiger partial charge on any atom is 0.0717 e. The number of anilines is 2. The zero-order chi connectivity index (χ0) is 32.9. The number of thioether (sulfide) groups is 1. The molecule has 0 bridgehead atoms. The van der Waals surface area contributed by atoms with Gasteiger partial charge in [0.2, 0.25) is 0 Å². The number of benzene rings is 5. The van der Waals surface area contributed by atoms with E-state index in [0.29, 0.717) is 12.3 Å². The summed E-state index contributed by atoms with van der Waals surface area (Å²) in [7, 11) is 0. The number of nitrogens with two attached hydrogens (primary N) is 1. The van der Waals surface area contributed by atoms with Crippen LogP contribution in [0, 0.1) is 0 Å². The minimum atomic E-state index is -0.788. The van der Waals surface area contributed by atoms with Gasteiger partial charge in [0.25, 0.3) is 0 Å². The molecule has 3 heteroatoms. The van der Waals surface area contributed by atoms with E-state index in [-0.39, 0.29) is 0 Å². The first-order chi connectivity index (χ1) is 23.6. The Balaban J connectivity index is 1.37. The third-order valence-corrected chi connectivity index (χ3v) is 10.7. The predicted octanol–water partition coefficient (Wildman–Crippen LogP) is 11.7. The maximum absolute atomic E-state index is 7.80. The Labute approximate surface area is 289 Å². The van der Waals surface area contributed by atoms with Gasteiger partial charge >= 0.3 is 0 Å². The van der Waals surface area contributed by atoms with E-state index < -0.39 is 5.54 Å². The van der Waals surface area contributed by atoms with Gasteiger partial charge in [-0.3, -0.25) is 0 Å². The lowest BCUT2D eigenvalue weighted by molar-refractivity contribution is 0.523. The number of allylic oxidation sites excluding steroid dienone is 9. The molecule has 0 radical (unpaired) electrons. The molecule has 0 fully saturated rings. The van der Waals surface area contributed by atoms with Crippen LogP contribution in [0.1, 0.15) is 47.1 Å². The first-order valence-corrected chi connectivity index (χ1v) is 17.4. The average molecular weight is 641 g/mol. The molecule has 0 aromatic heterocycles. The molecule has 5 aromatic carbocycles. The van der Waals surface area contributed by atoms with E-state index in [0.717, 1.165) is 51.2 Å². The lowest BCUT2D eigenvalue weighted by atomic mass is 9.76. The molecule has 7 rings (SSSR count). The fourth-order valence-electron chi connectivity index (χ4n) is 7.00. The zero-order valence-electron chi connectivity index (χ0n) is 27.3. The molecule has 236 valence electrons. The summed E-state index contributed by atoms with van der Waals surface area (Å²) in [6, 6.07) is 42.8. The third-order valence-electron chi connectivity index (χ3n) is 9.35. The number of rotatable bonds is 10. The molecule has 2 unspecified atom stereocenters. The normalized spacial score (nSPS) is 16.4. The van der Waals surface area contributed by atoms with Gasteiger partial charge in [-0.25, -0.2) is 0 Å². The molecule has 48 heavy (non-hydrogen) atoms. The molecule has 5 aromatic rings. The lowest BCUT2D eigenvalue weighted by Crippen LogP contribution is -2.41. The van der Waals surface area contributed by atoms with Crippen molar-refractivity contribution in [2.24, 2.45) is 5.73 Å². The molecule has 0 amide bonds. The van der Waals surface area contributed by atoms with E-state index in [1.807, 2.05) is 30.8 Å². The molecule has 1 aliphatic carbocycles. The average Bonchev–Trinajstić information content (AvgIpc) is 3.52. The van der Waals surface area contributed by atoms with Crippen molar-refractivity contribution in [1.82, 2.24) is 0 Å². The molecule has 2 atom stereocenters. The van der Waals surface area contributed by atoms with Crippen molar-refractivity contribution in [2.75, 3.05) is 5.32 Å². The molecule has 3 N–H and O–H groups in total. The van der Waals surface area contributed by atoms with Gasteiger partial charge in [0.15, 0.2) is 0 Å². The predicted molar refractivity (Wildman–Crippen MR) is 207 cm³/mol. The Hall–Kier alpha value is -5.09. The quantitative estimate of drug-likeness (QED) is 0.149. The lowest BCUT2D eigenvalue weighted by Gasteiger charge is -2.34. The first kappa shape index (κ1) is 31.5. The Morgan fingerprint density at radius 1 is 0.854 bits per heavy atom. The number of hydrogen-bond acceptors (Lipinski definition) is 3. The molecule has 0 saturated heterocycles. The summed E-state index contributed by atoms with van der Waals surface area (Å²) in [6.07, 6.45) is 16.6. The van der Waals surface area contributed by atoms with E-state index in [2.05, 4.69) is 164 Å². The van der Waals surface area contributed by atoms with Crippen LogP contribution in [-0.4, -0.2) is 0 Å². The minimum Gasteiger partial charge on any atom is -0.355 e. The Kier molecular flexibility index (Phi) is 9.16. The van der Waals surface area contributed by atoms with E-state index >= 15 is 0 Å². The van der Waals surface area contributed by atoms with Gasteiger partial charge in [0, 0.05) is 33.3 Å². The summed E-state index contributed by atoms with van der Waals surface area (Å²) < 4.78 is 0. The van der Waals surface area contributed by atoms with Crippen molar-refractivity contribution in [1.29, 1.82) is 0 Å². The molecule has 0 spiro atoms. The largest absolute Gasteiger partial charge is 0.355 e. The Morgan fingerprint density at radius 2 is 1.58 bits per heavy atom. The van der Waals surface area contributed by atoms with Gasteiger partial charge in [-0.2, -0.15) is 0 Å². The standard InChI is InChI=1S/C45H40N2S/c1-3-4-7-18-32(2)43-34(21-16-29-41(43)47-40-28-14-12-24-36(40)33-19-8-5-9-20-33)31-45(46,35-22-10-6-11-23-35)39-27-17-26-38-37-25-13-15-30-42(37)48-44(38)39/h3-24,26-30,37,47H,2,25,31,46H2,1H3/b4-3-,18-7-. The topological polar surface area (TPSA) is 38.0 Å². The zero-order valence-corrected chi connectivity index (χ0v) is 28.1. The highest BCUT2D eigenvalue weighted by molar-refractivity contribution is 8.03. The van der Waals surface area contributed by atoms with Crippen LogP contribution in [0.5, 0.6) is 0 Å². The second-order valence-corrected chi connectivity index (χ2v) is 13.5. The Morgan fingerprint density at radius 3 is 2.40 bits per heavy atom. The summed E-state index contributed by atoms with van der Waals surface area (Å²) in [5.74, 6) is 0.402. The molecule has 2 aliphatic rings. The van der Waals surface area contributed by atoms with Crippen LogP contribution >= 0.6 is 11.8 Å². The third kappa shape index (κ3) is 6.15. The summed E-state index contributed by atoms with van der Waals surface area (Å²) in [4.78, 5) is 2.70. The fourth-order valence-corrected chi connectivity index (χ4v) is 8.44. The van der Waals surface area contributed by atoms with Crippen LogP contribution in [0.4, 0.5) is 11.4 Å². The van der Waals surface area contributed by atoms with Crippen molar-refractivity contribution < 1.29 is 0 Å². The summed E-state index contributed by atoms with van der Waals surface area (Å²) in [5.41, 5.74) is 18.1. The second-order valence-electron chi connectivity index (χ2n) is 12.4. The van der Waals surface area contributed by atoms with Crippen molar-refractivity contribution in [3.8, 4) is 11.1 Å². The van der Waals surface area contributed by atoms with Crippen molar-refractivity contribution in [3.63, 3.8) is 0 Å². The molecular weight excluding hydrogens is 601 g/mol. The van der Waals surface area contributed by atoms with Gasteiger partial charge < -0.3 is 11.1 Å². The van der Waals surface area contributed by atoms with Crippen LogP contribution < -0.4 is 11.1 Å². The van der Waals surface area contributed by atoms with Gasteiger partial charge in [0.05, 0.1) is 5.54 Å². The van der Waals surface area contributed by atoms with E-state index in [1.165, 1.54) is 20.9 Å². The fraction of sp³-hybridized carbons (Fsp3) is 0.111. The highest BCUT2D eigenvalue weighted by Crippen LogP contribution is 2.55. The van der Waals surface area contributed by atoms with Crippen molar-refractivity contribution >= 4 is 28.7 Å². The van der Waals surface area contributed by atoms with Crippen LogP contribution in [-0.2, 0) is 12.0 Å². The minimum absolute atomic E-state index is 0.402. The van der Waals surface area contributed by atoms with Gasteiger partial charge in [-0.1, -0.05) is 170 Å². The number of para-hydroxylation sites is 1. The van der Waals surface area contributed by atoms with Crippen LogP contribution in [0.15, 0.2) is 180 Å². The molecule has 0 saturated carbocycles. The van der Waals surface area contributed by atoms with Crippen LogP contribution in [0.2, 0.25) is 0 Å². The smallest absolute Gasteiger partial charge is 0.0717 e. The molecule has 2 nitrogen and oxygen atoms in total. The van der Waals surface area contributed by atoms with E-state index in [9.17, 15) is 0 Å². The monoisotopic (exact) mass is 640 g/mol.